The number of hydrogen-bond donors (Lipinski definition) is 1. The lowest BCUT2D eigenvalue weighted by atomic mass is 10.2. The zero-order valence-corrected chi connectivity index (χ0v) is 5.87. The Balaban J connectivity index is 3.08. The molecular formula is C7H5F2NO2. The molecule has 5 heteroatoms. The van der Waals surface area contributed by atoms with E-state index in [9.17, 15) is 13.7 Å². The number of aliphatic hydroxyl groups is 1. The minimum Gasteiger partial charge on any atom is -0.365 e. The topological polar surface area (TPSA) is 49.7 Å². The Morgan fingerprint density at radius 2 is 1.75 bits per heavy atom. The van der Waals surface area contributed by atoms with Gasteiger partial charge in [0.25, 0.3) is 0 Å². The van der Waals surface area contributed by atoms with Crippen LogP contribution in [0.5, 0.6) is 0 Å². The minimum atomic E-state index is -1.71. The molecule has 0 aliphatic heterocycles. The Bertz CT molecular complexity index is 283. The fourth-order valence-electron chi connectivity index (χ4n) is 0.785. The number of nitrogens with zero attached hydrogens (tertiary/aromatic N) is 1. The third kappa shape index (κ3) is 1.82. The van der Waals surface area contributed by atoms with Gasteiger partial charge in [0.05, 0.1) is 0 Å². The third-order valence-electron chi connectivity index (χ3n) is 1.28. The van der Waals surface area contributed by atoms with Crippen molar-refractivity contribution in [2.24, 2.45) is 5.18 Å². The lowest BCUT2D eigenvalue weighted by Gasteiger charge is -2.01. The van der Waals surface area contributed by atoms with Gasteiger partial charge < -0.3 is 5.11 Å². The Morgan fingerprint density at radius 3 is 2.17 bits per heavy atom. The van der Waals surface area contributed by atoms with Crippen LogP contribution in [0.3, 0.4) is 0 Å². The van der Waals surface area contributed by atoms with Crippen LogP contribution in [0, 0.1) is 16.5 Å². The molecule has 0 aromatic heterocycles. The van der Waals surface area contributed by atoms with Gasteiger partial charge >= 0.3 is 0 Å². The molecule has 64 valence electrons. The second kappa shape index (κ2) is 3.36. The number of rotatable bonds is 2. The van der Waals surface area contributed by atoms with Crippen molar-refractivity contribution in [3.05, 3.63) is 40.3 Å². The summed E-state index contributed by atoms with van der Waals surface area (Å²) < 4.78 is 24.9. The number of benzene rings is 1. The molecule has 12 heavy (non-hydrogen) atoms. The standard InChI is InChI=1S/C7H5F2NO2/c8-5-1-4(7(11)10-12)2-6(9)3-5/h1-3,7,11H. The molecule has 1 N–H and O–H groups in total. The molecule has 1 rings (SSSR count). The lowest BCUT2D eigenvalue weighted by molar-refractivity contribution is 0.186. The first-order chi connectivity index (χ1) is 5.63. The largest absolute Gasteiger partial charge is 0.365 e. The SMILES string of the molecule is O=NC(O)c1cc(F)cc(F)c1. The highest BCUT2D eigenvalue weighted by atomic mass is 19.1. The molecule has 0 amide bonds. The first kappa shape index (κ1) is 8.73. The molecule has 0 heterocycles. The van der Waals surface area contributed by atoms with E-state index in [4.69, 9.17) is 5.11 Å². The lowest BCUT2D eigenvalue weighted by Crippen LogP contribution is -1.94. The molecule has 1 unspecified atom stereocenters. The van der Waals surface area contributed by atoms with Gasteiger partial charge in [0.1, 0.15) is 11.6 Å². The molecule has 0 saturated heterocycles. The van der Waals surface area contributed by atoms with Crippen molar-refractivity contribution in [3.63, 3.8) is 0 Å². The van der Waals surface area contributed by atoms with Crippen molar-refractivity contribution < 1.29 is 13.9 Å². The number of halogens is 2. The van der Waals surface area contributed by atoms with Crippen LogP contribution in [-0.4, -0.2) is 5.11 Å². The molecule has 0 aliphatic rings. The van der Waals surface area contributed by atoms with Gasteiger partial charge in [0.2, 0.25) is 6.23 Å². The average molecular weight is 173 g/mol. The predicted molar refractivity (Wildman–Crippen MR) is 37.1 cm³/mol. The fraction of sp³-hybridized carbons (Fsp3) is 0.143. The predicted octanol–water partition coefficient (Wildman–Crippen LogP) is 1.72. The third-order valence-corrected chi connectivity index (χ3v) is 1.28. The van der Waals surface area contributed by atoms with Crippen molar-refractivity contribution in [2.45, 2.75) is 6.23 Å². The van der Waals surface area contributed by atoms with Gasteiger partial charge in [-0.25, -0.2) is 8.78 Å². The Morgan fingerprint density at radius 1 is 1.25 bits per heavy atom. The molecule has 0 bridgehead atoms. The second-order valence-electron chi connectivity index (χ2n) is 2.18. The molecule has 0 spiro atoms. The van der Waals surface area contributed by atoms with E-state index in [2.05, 4.69) is 5.18 Å². The van der Waals surface area contributed by atoms with Crippen molar-refractivity contribution in [2.75, 3.05) is 0 Å². The van der Waals surface area contributed by atoms with Crippen LogP contribution in [0.25, 0.3) is 0 Å². The summed E-state index contributed by atoms with van der Waals surface area (Å²) in [5.74, 6) is -1.71. The summed E-state index contributed by atoms with van der Waals surface area (Å²) in [5, 5.41) is 11.0. The molecular weight excluding hydrogens is 168 g/mol. The Hall–Kier alpha value is -1.36. The number of hydrogen-bond acceptors (Lipinski definition) is 3. The highest BCUT2D eigenvalue weighted by Crippen LogP contribution is 2.16. The van der Waals surface area contributed by atoms with E-state index in [1.807, 2.05) is 0 Å². The Kier molecular flexibility index (Phi) is 2.44. The van der Waals surface area contributed by atoms with Crippen molar-refractivity contribution in [1.82, 2.24) is 0 Å². The van der Waals surface area contributed by atoms with E-state index in [1.54, 1.807) is 0 Å². The van der Waals surface area contributed by atoms with Crippen LogP contribution < -0.4 is 0 Å². The van der Waals surface area contributed by atoms with Crippen LogP contribution in [0.4, 0.5) is 8.78 Å². The van der Waals surface area contributed by atoms with E-state index in [0.29, 0.717) is 6.07 Å². The van der Waals surface area contributed by atoms with Crippen LogP contribution in [-0.2, 0) is 0 Å². The van der Waals surface area contributed by atoms with Crippen molar-refractivity contribution in [1.29, 1.82) is 0 Å². The number of aliphatic hydroxyl groups excluding tert-OH is 1. The summed E-state index contributed by atoms with van der Waals surface area (Å²) in [7, 11) is 0. The molecule has 0 fully saturated rings. The van der Waals surface area contributed by atoms with Crippen molar-refractivity contribution >= 4 is 0 Å². The van der Waals surface area contributed by atoms with E-state index < -0.39 is 17.9 Å². The summed E-state index contributed by atoms with van der Waals surface area (Å²) in [5.41, 5.74) is -0.192. The van der Waals surface area contributed by atoms with E-state index >= 15 is 0 Å². The number of nitroso groups, excluding NO2 is 1. The maximum atomic E-state index is 12.4. The molecule has 0 aliphatic carbocycles. The Labute approximate surface area is 66.6 Å². The average Bonchev–Trinajstić information content (AvgIpc) is 2.01. The minimum absolute atomic E-state index is 0.192. The monoisotopic (exact) mass is 173 g/mol. The molecule has 1 aromatic rings. The van der Waals surface area contributed by atoms with Crippen molar-refractivity contribution in [3.8, 4) is 0 Å². The first-order valence-corrected chi connectivity index (χ1v) is 3.10. The summed E-state index contributed by atoms with van der Waals surface area (Å²) in [6.07, 6.45) is -1.71. The molecule has 0 saturated carbocycles. The van der Waals surface area contributed by atoms with Gasteiger partial charge in [-0.3, -0.25) is 0 Å². The second-order valence-corrected chi connectivity index (χ2v) is 2.18. The summed E-state index contributed by atoms with van der Waals surface area (Å²) >= 11 is 0. The van der Waals surface area contributed by atoms with Crippen LogP contribution in [0.15, 0.2) is 23.4 Å². The smallest absolute Gasteiger partial charge is 0.213 e. The van der Waals surface area contributed by atoms with Gasteiger partial charge in [0.15, 0.2) is 0 Å². The summed E-state index contributed by atoms with van der Waals surface area (Å²) in [6.45, 7) is 0. The van der Waals surface area contributed by atoms with Gasteiger partial charge in [-0.15, -0.1) is 4.91 Å². The quantitative estimate of drug-likeness (QED) is 0.692. The summed E-state index contributed by atoms with van der Waals surface area (Å²) in [6, 6.07) is 2.32. The zero-order chi connectivity index (χ0) is 9.14. The normalized spacial score (nSPS) is 12.6. The van der Waals surface area contributed by atoms with Crippen LogP contribution in [0.2, 0.25) is 0 Å². The highest BCUT2D eigenvalue weighted by molar-refractivity contribution is 5.19. The van der Waals surface area contributed by atoms with E-state index in [-0.39, 0.29) is 5.56 Å². The fourth-order valence-corrected chi connectivity index (χ4v) is 0.785. The maximum absolute atomic E-state index is 12.4. The van der Waals surface area contributed by atoms with E-state index in [1.165, 1.54) is 0 Å². The van der Waals surface area contributed by atoms with E-state index in [0.717, 1.165) is 12.1 Å². The molecule has 1 atom stereocenters. The summed E-state index contributed by atoms with van der Waals surface area (Å²) in [4.78, 5) is 9.78. The van der Waals surface area contributed by atoms with Gasteiger partial charge in [0, 0.05) is 11.6 Å². The zero-order valence-electron chi connectivity index (χ0n) is 5.87. The van der Waals surface area contributed by atoms with Crippen LogP contribution >= 0.6 is 0 Å². The van der Waals surface area contributed by atoms with Gasteiger partial charge in [-0.1, -0.05) is 0 Å². The maximum Gasteiger partial charge on any atom is 0.213 e. The first-order valence-electron chi connectivity index (χ1n) is 3.10. The molecule has 1 aromatic carbocycles. The molecule has 0 radical (unpaired) electrons. The van der Waals surface area contributed by atoms with Crippen LogP contribution in [0.1, 0.15) is 11.8 Å². The molecule has 3 nitrogen and oxygen atoms in total. The van der Waals surface area contributed by atoms with Gasteiger partial charge in [-0.05, 0) is 17.3 Å². The van der Waals surface area contributed by atoms with Gasteiger partial charge in [-0.2, -0.15) is 0 Å². The highest BCUT2D eigenvalue weighted by Gasteiger charge is 2.09.